The van der Waals surface area contributed by atoms with Crippen molar-refractivity contribution in [1.29, 1.82) is 0 Å². The lowest BCUT2D eigenvalue weighted by Crippen LogP contribution is -2.03. The third-order valence-corrected chi connectivity index (χ3v) is 4.11. The Bertz CT molecular complexity index is 775. The second-order valence-corrected chi connectivity index (χ2v) is 5.22. The normalized spacial score (nSPS) is 16.5. The molecule has 0 radical (unpaired) electrons. The second kappa shape index (κ2) is 4.89. The summed E-state index contributed by atoms with van der Waals surface area (Å²) in [6.45, 7) is 0.590. The van der Waals surface area contributed by atoms with Gasteiger partial charge in [0, 0.05) is 30.1 Å². The summed E-state index contributed by atoms with van der Waals surface area (Å²) in [5, 5.41) is 24.5. The number of carboxylic acids is 1. The molecular formula is C14H11ClN2O4. The first-order valence-corrected chi connectivity index (χ1v) is 6.84. The highest BCUT2D eigenvalue weighted by atomic mass is 35.5. The van der Waals surface area contributed by atoms with Gasteiger partial charge in [-0.2, -0.15) is 0 Å². The molecule has 0 saturated heterocycles. The van der Waals surface area contributed by atoms with Gasteiger partial charge in [0.25, 0.3) is 5.69 Å². The number of nitro benzene ring substituents is 1. The lowest BCUT2D eigenvalue weighted by atomic mass is 9.93. The Balaban J connectivity index is 2.39. The highest BCUT2D eigenvalue weighted by Crippen LogP contribution is 2.42. The van der Waals surface area contributed by atoms with Gasteiger partial charge in [-0.15, -0.1) is 11.6 Å². The largest absolute Gasteiger partial charge is 0.478 e. The van der Waals surface area contributed by atoms with Crippen LogP contribution in [0.4, 0.5) is 11.4 Å². The zero-order chi connectivity index (χ0) is 15.1. The quantitative estimate of drug-likeness (QED) is 0.516. The number of nitrogens with zero attached hydrogens (tertiary/aromatic N) is 1. The Morgan fingerprint density at radius 2 is 2.19 bits per heavy atom. The Kier molecular flexibility index (Phi) is 3.17. The van der Waals surface area contributed by atoms with Gasteiger partial charge in [-0.3, -0.25) is 10.1 Å². The van der Waals surface area contributed by atoms with Crippen LogP contribution in [0.5, 0.6) is 0 Å². The maximum absolute atomic E-state index is 11.2. The monoisotopic (exact) mass is 306 g/mol. The van der Waals surface area contributed by atoms with Gasteiger partial charge in [0.15, 0.2) is 0 Å². The summed E-state index contributed by atoms with van der Waals surface area (Å²) in [7, 11) is 0. The fourth-order valence-corrected chi connectivity index (χ4v) is 3.03. The molecule has 2 N–H and O–H groups in total. The molecule has 0 aliphatic carbocycles. The van der Waals surface area contributed by atoms with Gasteiger partial charge in [0.05, 0.1) is 15.9 Å². The van der Waals surface area contributed by atoms with Crippen molar-refractivity contribution in [2.45, 2.75) is 5.92 Å². The highest BCUT2D eigenvalue weighted by molar-refractivity contribution is 6.19. The number of benzene rings is 2. The van der Waals surface area contributed by atoms with Crippen LogP contribution in [-0.4, -0.2) is 28.4 Å². The summed E-state index contributed by atoms with van der Waals surface area (Å²) >= 11 is 5.95. The van der Waals surface area contributed by atoms with Crippen LogP contribution in [0.15, 0.2) is 24.3 Å². The van der Waals surface area contributed by atoms with E-state index in [-0.39, 0.29) is 17.2 Å². The summed E-state index contributed by atoms with van der Waals surface area (Å²) in [5.74, 6) is -0.691. The first-order chi connectivity index (χ1) is 10.0. The van der Waals surface area contributed by atoms with Crippen LogP contribution in [0.1, 0.15) is 21.8 Å². The summed E-state index contributed by atoms with van der Waals surface area (Å²) in [5.41, 5.74) is 1.57. The fraction of sp³-hybridized carbons (Fsp3) is 0.214. The van der Waals surface area contributed by atoms with Crippen molar-refractivity contribution in [3.63, 3.8) is 0 Å². The van der Waals surface area contributed by atoms with Crippen LogP contribution in [0.2, 0.25) is 0 Å². The second-order valence-electron chi connectivity index (χ2n) is 4.91. The fourth-order valence-electron chi connectivity index (χ4n) is 2.76. The van der Waals surface area contributed by atoms with Gasteiger partial charge in [-0.05, 0) is 29.1 Å². The molecule has 2 aromatic rings. The molecule has 3 rings (SSSR count). The van der Waals surface area contributed by atoms with Crippen LogP contribution in [0.3, 0.4) is 0 Å². The number of hydrogen-bond donors (Lipinski definition) is 2. The first-order valence-electron chi connectivity index (χ1n) is 6.31. The molecule has 7 heteroatoms. The number of alkyl halides is 1. The van der Waals surface area contributed by atoms with E-state index in [0.717, 1.165) is 5.56 Å². The smallest absolute Gasteiger partial charge is 0.335 e. The average molecular weight is 307 g/mol. The van der Waals surface area contributed by atoms with Crippen LogP contribution in [0.25, 0.3) is 10.8 Å². The van der Waals surface area contributed by atoms with E-state index >= 15 is 0 Å². The first kappa shape index (κ1) is 13.6. The van der Waals surface area contributed by atoms with Crippen LogP contribution >= 0.6 is 11.6 Å². The molecule has 0 saturated carbocycles. The standard InChI is InChI=1S/C14H11ClN2O4/c15-5-8-6-16-11-4-12(17(20)21)9-2-1-7(14(18)19)3-10(9)13(8)11/h1-4,8,16H,5-6H2,(H,18,19). The minimum Gasteiger partial charge on any atom is -0.478 e. The van der Waals surface area contributed by atoms with E-state index in [0.29, 0.717) is 28.9 Å². The maximum Gasteiger partial charge on any atom is 0.335 e. The molecule has 0 spiro atoms. The maximum atomic E-state index is 11.2. The molecule has 0 amide bonds. The molecule has 6 nitrogen and oxygen atoms in total. The summed E-state index contributed by atoms with van der Waals surface area (Å²) in [6.07, 6.45) is 0. The molecule has 108 valence electrons. The summed E-state index contributed by atoms with van der Waals surface area (Å²) < 4.78 is 0. The van der Waals surface area contributed by atoms with Gasteiger partial charge < -0.3 is 10.4 Å². The lowest BCUT2D eigenvalue weighted by Gasteiger charge is -2.11. The van der Waals surface area contributed by atoms with Crippen molar-refractivity contribution in [2.75, 3.05) is 17.7 Å². The van der Waals surface area contributed by atoms with E-state index in [1.165, 1.54) is 24.3 Å². The number of fused-ring (bicyclic) bond motifs is 3. The van der Waals surface area contributed by atoms with Crippen molar-refractivity contribution >= 4 is 39.7 Å². The average Bonchev–Trinajstić information content (AvgIpc) is 2.88. The van der Waals surface area contributed by atoms with E-state index in [2.05, 4.69) is 5.32 Å². The zero-order valence-corrected chi connectivity index (χ0v) is 11.6. The molecule has 21 heavy (non-hydrogen) atoms. The zero-order valence-electron chi connectivity index (χ0n) is 10.8. The lowest BCUT2D eigenvalue weighted by molar-refractivity contribution is -0.383. The predicted molar refractivity (Wildman–Crippen MR) is 79.5 cm³/mol. The number of nitrogens with one attached hydrogen (secondary N) is 1. The van der Waals surface area contributed by atoms with E-state index in [1.54, 1.807) is 0 Å². The topological polar surface area (TPSA) is 92.5 Å². The van der Waals surface area contributed by atoms with Crippen molar-refractivity contribution in [1.82, 2.24) is 0 Å². The SMILES string of the molecule is O=C(O)c1ccc2c([N+](=O)[O-])cc3c(c2c1)C(CCl)CN3. The molecule has 0 fully saturated rings. The Morgan fingerprint density at radius 1 is 1.43 bits per heavy atom. The number of aromatic carboxylic acids is 1. The van der Waals surface area contributed by atoms with Gasteiger partial charge >= 0.3 is 5.97 Å². The van der Waals surface area contributed by atoms with Crippen LogP contribution < -0.4 is 5.32 Å². The number of rotatable bonds is 3. The molecule has 0 aromatic heterocycles. The van der Waals surface area contributed by atoms with Gasteiger partial charge in [0.1, 0.15) is 0 Å². The number of carbonyl (C=O) groups is 1. The molecule has 1 heterocycles. The van der Waals surface area contributed by atoms with Crippen molar-refractivity contribution < 1.29 is 14.8 Å². The number of non-ortho nitro benzene ring substituents is 1. The third-order valence-electron chi connectivity index (χ3n) is 3.73. The molecule has 1 aliphatic rings. The van der Waals surface area contributed by atoms with Gasteiger partial charge in [-0.25, -0.2) is 4.79 Å². The van der Waals surface area contributed by atoms with E-state index in [1.807, 2.05) is 0 Å². The number of nitro groups is 1. The van der Waals surface area contributed by atoms with Gasteiger partial charge in [-0.1, -0.05) is 0 Å². The molecule has 2 aromatic carbocycles. The predicted octanol–water partition coefficient (Wildman–Crippen LogP) is 3.19. The highest BCUT2D eigenvalue weighted by Gasteiger charge is 2.28. The van der Waals surface area contributed by atoms with E-state index in [9.17, 15) is 14.9 Å². The van der Waals surface area contributed by atoms with E-state index in [4.69, 9.17) is 16.7 Å². The number of halogens is 1. The van der Waals surface area contributed by atoms with Crippen molar-refractivity contribution in [3.05, 3.63) is 45.5 Å². The third kappa shape index (κ3) is 2.08. The molecule has 1 atom stereocenters. The van der Waals surface area contributed by atoms with E-state index < -0.39 is 10.9 Å². The Morgan fingerprint density at radius 3 is 2.81 bits per heavy atom. The van der Waals surface area contributed by atoms with Crippen molar-refractivity contribution in [2.24, 2.45) is 0 Å². The molecule has 1 aliphatic heterocycles. The van der Waals surface area contributed by atoms with Crippen molar-refractivity contribution in [3.8, 4) is 0 Å². The molecular weight excluding hydrogens is 296 g/mol. The summed E-state index contributed by atoms with van der Waals surface area (Å²) in [6, 6.07) is 5.84. The minimum absolute atomic E-state index is 0.00835. The molecule has 1 unspecified atom stereocenters. The number of anilines is 1. The summed E-state index contributed by atoms with van der Waals surface area (Å²) in [4.78, 5) is 21.9. The molecule has 0 bridgehead atoms. The number of carboxylic acid groups (broad SMARTS) is 1. The number of hydrogen-bond acceptors (Lipinski definition) is 4. The Hall–Kier alpha value is -2.34. The van der Waals surface area contributed by atoms with Crippen LogP contribution in [0, 0.1) is 10.1 Å². The Labute approximate surface area is 124 Å². The minimum atomic E-state index is -1.06. The van der Waals surface area contributed by atoms with Gasteiger partial charge in [0.2, 0.25) is 0 Å². The van der Waals surface area contributed by atoms with Crippen LogP contribution in [-0.2, 0) is 0 Å².